The van der Waals surface area contributed by atoms with Gasteiger partial charge >= 0.3 is 6.16 Å². The monoisotopic (exact) mass is 631 g/mol. The van der Waals surface area contributed by atoms with Gasteiger partial charge in [-0.1, -0.05) is 67.4 Å². The van der Waals surface area contributed by atoms with Crippen LogP contribution in [0.3, 0.4) is 0 Å². The number of rotatable bonds is 11. The summed E-state index contributed by atoms with van der Waals surface area (Å²) < 4.78 is 36.1. The predicted molar refractivity (Wildman–Crippen MR) is 174 cm³/mol. The van der Waals surface area contributed by atoms with Gasteiger partial charge in [-0.05, 0) is 79.9 Å². The number of aryl methyl sites for hydroxylation is 1. The van der Waals surface area contributed by atoms with Crippen LogP contribution in [0.15, 0.2) is 95.9 Å². The first kappa shape index (κ1) is 31.1. The number of ether oxygens (including phenoxy) is 1. The Morgan fingerprint density at radius 2 is 1.70 bits per heavy atom. The lowest BCUT2D eigenvalue weighted by molar-refractivity contribution is 0.144. The van der Waals surface area contributed by atoms with Crippen molar-refractivity contribution in [2.24, 2.45) is 0 Å². The maximum Gasteiger partial charge on any atom is 0.511 e. The molecule has 0 bridgehead atoms. The molecule has 44 heavy (non-hydrogen) atoms. The molecule has 0 saturated carbocycles. The topological polar surface area (TPSA) is 102 Å². The Bertz CT molecular complexity index is 1890. The van der Waals surface area contributed by atoms with Crippen LogP contribution in [0.25, 0.3) is 22.2 Å². The highest BCUT2D eigenvalue weighted by atomic mass is 35.5. The molecule has 0 spiro atoms. The van der Waals surface area contributed by atoms with Crippen molar-refractivity contribution in [3.8, 4) is 16.9 Å². The van der Waals surface area contributed by atoms with Crippen molar-refractivity contribution in [1.29, 1.82) is 0 Å². The van der Waals surface area contributed by atoms with Crippen LogP contribution in [0.2, 0.25) is 5.02 Å². The molecule has 0 radical (unpaired) electrons. The summed E-state index contributed by atoms with van der Waals surface area (Å²) in [6.07, 6.45) is 1.41. The summed E-state index contributed by atoms with van der Waals surface area (Å²) in [6.45, 7) is 6.36. The fraction of sp³-hybridized carbons (Fsp3) is 0.235. The quantitative estimate of drug-likeness (QED) is 0.116. The molecule has 1 heterocycles. The number of hydrogen-bond acceptors (Lipinski definition) is 5. The standard InChI is InChI=1S/C34H34ClN3O5S/c1-4-5-10-33-36-30-20-17-27(38(23(2)3)44(41,42)28-18-15-26(35)16-19-28)21-31(30)37(33)22-24-11-13-25(14-12-24)29-8-6-7-9-32(29)43-34(39)40/h6-9,11-21,23H,4-5,10,22H2,1-3H3,(H,39,40). The second-order valence-corrected chi connectivity index (χ2v) is 13.1. The average Bonchev–Trinajstić information content (AvgIpc) is 3.32. The van der Waals surface area contributed by atoms with Gasteiger partial charge in [-0.2, -0.15) is 0 Å². The van der Waals surface area contributed by atoms with Crippen LogP contribution in [0.1, 0.15) is 45.0 Å². The first-order valence-electron chi connectivity index (χ1n) is 14.5. The normalized spacial score (nSPS) is 11.7. The van der Waals surface area contributed by atoms with E-state index in [1.807, 2.05) is 68.4 Å². The molecule has 5 rings (SSSR count). The fourth-order valence-corrected chi connectivity index (χ4v) is 7.07. The van der Waals surface area contributed by atoms with E-state index in [1.165, 1.54) is 16.4 Å². The zero-order valence-electron chi connectivity index (χ0n) is 24.8. The molecule has 0 fully saturated rings. The summed E-state index contributed by atoms with van der Waals surface area (Å²) in [7, 11) is -3.86. The Morgan fingerprint density at radius 3 is 2.36 bits per heavy atom. The maximum absolute atomic E-state index is 13.8. The number of nitrogens with zero attached hydrogens (tertiary/aromatic N) is 3. The molecule has 228 valence electrons. The minimum Gasteiger partial charge on any atom is -0.449 e. The van der Waals surface area contributed by atoms with E-state index >= 15 is 0 Å². The van der Waals surface area contributed by atoms with Crippen molar-refractivity contribution < 1.29 is 23.1 Å². The molecule has 0 amide bonds. The number of fused-ring (bicyclic) bond motifs is 1. The smallest absolute Gasteiger partial charge is 0.449 e. The number of hydrogen-bond donors (Lipinski definition) is 1. The van der Waals surface area contributed by atoms with E-state index in [0.717, 1.165) is 47.2 Å². The van der Waals surface area contributed by atoms with Gasteiger partial charge in [0, 0.05) is 29.6 Å². The zero-order valence-corrected chi connectivity index (χ0v) is 26.3. The van der Waals surface area contributed by atoms with Crippen molar-refractivity contribution in [2.75, 3.05) is 4.31 Å². The van der Waals surface area contributed by atoms with Gasteiger partial charge < -0.3 is 14.4 Å². The molecule has 0 aliphatic carbocycles. The molecular weight excluding hydrogens is 598 g/mol. The van der Waals surface area contributed by atoms with Crippen molar-refractivity contribution in [1.82, 2.24) is 9.55 Å². The van der Waals surface area contributed by atoms with E-state index in [0.29, 0.717) is 22.8 Å². The summed E-state index contributed by atoms with van der Waals surface area (Å²) >= 11 is 6.03. The summed E-state index contributed by atoms with van der Waals surface area (Å²) in [5.41, 5.74) is 4.71. The lowest BCUT2D eigenvalue weighted by Crippen LogP contribution is -2.37. The molecule has 4 aromatic carbocycles. The van der Waals surface area contributed by atoms with Crippen LogP contribution in [-0.2, 0) is 23.0 Å². The van der Waals surface area contributed by atoms with E-state index in [2.05, 4.69) is 11.5 Å². The van der Waals surface area contributed by atoms with E-state index in [9.17, 15) is 13.2 Å². The SMILES string of the molecule is CCCCc1nc2ccc(N(C(C)C)S(=O)(=O)c3ccc(Cl)cc3)cc2n1Cc1ccc(-c2ccccc2OC(=O)O)cc1. The Kier molecular flexibility index (Phi) is 9.27. The molecule has 1 aromatic heterocycles. The fourth-order valence-electron chi connectivity index (χ4n) is 5.30. The number of benzene rings is 4. The number of anilines is 1. The van der Waals surface area contributed by atoms with E-state index in [-0.39, 0.29) is 16.7 Å². The van der Waals surface area contributed by atoms with E-state index in [1.54, 1.807) is 24.3 Å². The van der Waals surface area contributed by atoms with Gasteiger partial charge in [-0.25, -0.2) is 18.2 Å². The Balaban J connectivity index is 1.53. The molecule has 0 aliphatic rings. The van der Waals surface area contributed by atoms with Gasteiger partial charge in [0.05, 0.1) is 21.6 Å². The van der Waals surface area contributed by atoms with Crippen molar-refractivity contribution >= 4 is 44.5 Å². The third-order valence-corrected chi connectivity index (χ3v) is 9.62. The molecule has 0 unspecified atom stereocenters. The lowest BCUT2D eigenvalue weighted by atomic mass is 10.0. The number of carbonyl (C=O) groups is 1. The number of sulfonamides is 1. The summed E-state index contributed by atoms with van der Waals surface area (Å²) in [5.74, 6) is 1.20. The lowest BCUT2D eigenvalue weighted by Gasteiger charge is -2.28. The highest BCUT2D eigenvalue weighted by Crippen LogP contribution is 2.33. The number of halogens is 1. The summed E-state index contributed by atoms with van der Waals surface area (Å²) in [5, 5.41) is 9.59. The Hall–Kier alpha value is -4.34. The molecule has 0 aliphatic heterocycles. The van der Waals surface area contributed by atoms with Gasteiger partial charge in [0.15, 0.2) is 0 Å². The number of imidazole rings is 1. The Morgan fingerprint density at radius 1 is 1.00 bits per heavy atom. The first-order valence-corrected chi connectivity index (χ1v) is 16.3. The van der Waals surface area contributed by atoms with Crippen molar-refractivity contribution in [2.45, 2.75) is 57.5 Å². The minimum atomic E-state index is -3.86. The molecule has 0 atom stereocenters. The average molecular weight is 632 g/mol. The van der Waals surface area contributed by atoms with E-state index < -0.39 is 16.2 Å². The van der Waals surface area contributed by atoms with Crippen molar-refractivity contribution in [3.05, 3.63) is 107 Å². The molecule has 5 aromatic rings. The van der Waals surface area contributed by atoms with Crippen molar-refractivity contribution in [3.63, 3.8) is 0 Å². The number of para-hydroxylation sites is 1. The highest BCUT2D eigenvalue weighted by Gasteiger charge is 2.28. The van der Waals surface area contributed by atoms with Crippen LogP contribution in [0.5, 0.6) is 5.75 Å². The minimum absolute atomic E-state index is 0.170. The third-order valence-electron chi connectivity index (χ3n) is 7.35. The van der Waals surface area contributed by atoms with Gasteiger partial charge in [-0.3, -0.25) is 4.31 Å². The molecule has 1 N–H and O–H groups in total. The van der Waals surface area contributed by atoms with Gasteiger partial charge in [0.25, 0.3) is 10.0 Å². The number of carboxylic acid groups (broad SMARTS) is 1. The summed E-state index contributed by atoms with van der Waals surface area (Å²) in [4.78, 5) is 16.3. The molecule has 8 nitrogen and oxygen atoms in total. The van der Waals surface area contributed by atoms with Gasteiger partial charge in [0.2, 0.25) is 0 Å². The predicted octanol–water partition coefficient (Wildman–Crippen LogP) is 8.41. The molecule has 10 heteroatoms. The van der Waals surface area contributed by atoms with Gasteiger partial charge in [-0.15, -0.1) is 0 Å². The van der Waals surface area contributed by atoms with Crippen LogP contribution < -0.4 is 9.04 Å². The van der Waals surface area contributed by atoms with Crippen LogP contribution >= 0.6 is 11.6 Å². The highest BCUT2D eigenvalue weighted by molar-refractivity contribution is 7.92. The Labute approximate surface area is 262 Å². The van der Waals surface area contributed by atoms with Gasteiger partial charge in [0.1, 0.15) is 11.6 Å². The van der Waals surface area contributed by atoms with Crippen LogP contribution in [0.4, 0.5) is 10.5 Å². The largest absolute Gasteiger partial charge is 0.511 e. The first-order chi connectivity index (χ1) is 21.1. The third kappa shape index (κ3) is 6.59. The molecular formula is C34H34ClN3O5S. The zero-order chi connectivity index (χ0) is 31.4. The van der Waals surface area contributed by atoms with Crippen LogP contribution in [-0.4, -0.2) is 35.3 Å². The number of aromatic nitrogens is 2. The second-order valence-electron chi connectivity index (χ2n) is 10.8. The maximum atomic E-state index is 13.8. The van der Waals surface area contributed by atoms with E-state index in [4.69, 9.17) is 26.4 Å². The molecule has 0 saturated heterocycles. The summed E-state index contributed by atoms with van der Waals surface area (Å²) in [6, 6.07) is 26.3. The van der Waals surface area contributed by atoms with Crippen LogP contribution in [0, 0.1) is 0 Å². The number of unbranched alkanes of at least 4 members (excludes halogenated alkanes) is 1. The second kappa shape index (κ2) is 13.1.